The van der Waals surface area contributed by atoms with E-state index in [4.69, 9.17) is 10.5 Å². The highest BCUT2D eigenvalue weighted by Gasteiger charge is 2.34. The first-order chi connectivity index (χ1) is 14.7. The molecule has 0 radical (unpaired) electrons. The summed E-state index contributed by atoms with van der Waals surface area (Å²) in [4.78, 5) is 13.9. The normalized spacial score (nSPS) is 16.3. The number of likely N-dealkylation sites (tertiary alicyclic amines) is 1. The lowest BCUT2D eigenvalue weighted by Crippen LogP contribution is -2.41. The van der Waals surface area contributed by atoms with E-state index in [9.17, 15) is 4.79 Å². The van der Waals surface area contributed by atoms with Gasteiger partial charge in [-0.2, -0.15) is 0 Å². The summed E-state index contributed by atoms with van der Waals surface area (Å²) in [5, 5.41) is 12.7. The number of rotatable bonds is 7. The predicted molar refractivity (Wildman–Crippen MR) is 112 cm³/mol. The van der Waals surface area contributed by atoms with Crippen molar-refractivity contribution in [3.05, 3.63) is 71.5 Å². The molecule has 1 amide bonds. The minimum atomic E-state index is -0.225. The van der Waals surface area contributed by atoms with Gasteiger partial charge in [-0.3, -0.25) is 9.69 Å². The number of hydrogen-bond donors (Lipinski definition) is 1. The highest BCUT2D eigenvalue weighted by molar-refractivity contribution is 5.76. The molecule has 0 bridgehead atoms. The third-order valence-electron chi connectivity index (χ3n) is 5.71. The van der Waals surface area contributed by atoms with Gasteiger partial charge in [0.1, 0.15) is 11.8 Å². The van der Waals surface area contributed by atoms with Crippen molar-refractivity contribution < 1.29 is 9.53 Å². The highest BCUT2D eigenvalue weighted by atomic mass is 16.5. The van der Waals surface area contributed by atoms with Crippen molar-refractivity contribution in [3.8, 4) is 5.75 Å². The van der Waals surface area contributed by atoms with Gasteiger partial charge in [-0.05, 0) is 48.0 Å². The lowest BCUT2D eigenvalue weighted by Gasteiger charge is -2.36. The maximum absolute atomic E-state index is 11.6. The van der Waals surface area contributed by atoms with E-state index in [1.54, 1.807) is 7.11 Å². The molecule has 0 aliphatic carbocycles. The van der Waals surface area contributed by atoms with Crippen molar-refractivity contribution in [1.82, 2.24) is 25.1 Å². The molecule has 1 aliphatic heterocycles. The average Bonchev–Trinajstić information content (AvgIpc) is 3.23. The maximum Gasteiger partial charge on any atom is 0.220 e. The number of primary amides is 1. The van der Waals surface area contributed by atoms with Gasteiger partial charge in [-0.15, -0.1) is 5.10 Å². The number of benzene rings is 2. The summed E-state index contributed by atoms with van der Waals surface area (Å²) in [5.74, 6) is 1.23. The van der Waals surface area contributed by atoms with E-state index in [1.165, 1.54) is 0 Å². The number of ether oxygens (including phenoxy) is 1. The average molecular weight is 406 g/mol. The first-order valence-corrected chi connectivity index (χ1v) is 10.1. The predicted octanol–water partition coefficient (Wildman–Crippen LogP) is 2.02. The Morgan fingerprint density at radius 2 is 1.83 bits per heavy atom. The molecule has 8 heteroatoms. The van der Waals surface area contributed by atoms with Gasteiger partial charge in [-0.1, -0.05) is 48.5 Å². The Morgan fingerprint density at radius 3 is 2.53 bits per heavy atom. The zero-order valence-corrected chi connectivity index (χ0v) is 17.0. The van der Waals surface area contributed by atoms with Crippen molar-refractivity contribution in [2.24, 2.45) is 11.7 Å². The molecule has 156 valence electrons. The number of hydrogen-bond acceptors (Lipinski definition) is 6. The molecule has 2 N–H and O–H groups in total. The standard InChI is InChI=1S/C22H26N6O2/c1-30-19-10-6-5-9-18(19)20(27-13-11-17(12-14-27)21(23)29)22-24-25-26-28(22)15-16-7-3-2-4-8-16/h2-10,17,20H,11-15H2,1H3,(H2,23,29)/t20-/m0/s1. The molecule has 0 unspecified atom stereocenters. The van der Waals surface area contributed by atoms with E-state index in [0.717, 1.165) is 48.6 Å². The van der Waals surface area contributed by atoms with Crippen molar-refractivity contribution >= 4 is 5.91 Å². The van der Waals surface area contributed by atoms with E-state index in [-0.39, 0.29) is 17.9 Å². The lowest BCUT2D eigenvalue weighted by atomic mass is 9.93. The van der Waals surface area contributed by atoms with Crippen molar-refractivity contribution in [3.63, 3.8) is 0 Å². The van der Waals surface area contributed by atoms with Gasteiger partial charge in [0, 0.05) is 11.5 Å². The highest BCUT2D eigenvalue weighted by Crippen LogP contribution is 2.36. The fourth-order valence-corrected chi connectivity index (χ4v) is 4.11. The van der Waals surface area contributed by atoms with E-state index in [0.29, 0.717) is 6.54 Å². The van der Waals surface area contributed by atoms with E-state index < -0.39 is 0 Å². The van der Waals surface area contributed by atoms with Crippen molar-refractivity contribution in [1.29, 1.82) is 0 Å². The number of tetrazole rings is 1. The molecule has 1 aromatic heterocycles. The Bertz CT molecular complexity index is 982. The largest absolute Gasteiger partial charge is 0.496 e. The molecule has 0 saturated carbocycles. The molecule has 8 nitrogen and oxygen atoms in total. The smallest absolute Gasteiger partial charge is 0.220 e. The Balaban J connectivity index is 1.70. The molecule has 0 spiro atoms. The first kappa shape index (κ1) is 20.0. The zero-order valence-electron chi connectivity index (χ0n) is 17.0. The van der Waals surface area contributed by atoms with Crippen LogP contribution in [-0.4, -0.2) is 51.2 Å². The van der Waals surface area contributed by atoms with Gasteiger partial charge in [0.15, 0.2) is 5.82 Å². The minimum absolute atomic E-state index is 0.0834. The molecule has 1 fully saturated rings. The van der Waals surface area contributed by atoms with Crippen molar-refractivity contribution in [2.75, 3.05) is 20.2 Å². The molecule has 4 rings (SSSR count). The van der Waals surface area contributed by atoms with Gasteiger partial charge >= 0.3 is 0 Å². The molecule has 2 aromatic carbocycles. The first-order valence-electron chi connectivity index (χ1n) is 10.1. The van der Waals surface area contributed by atoms with Gasteiger partial charge in [0.25, 0.3) is 0 Å². The van der Waals surface area contributed by atoms with Crippen molar-refractivity contribution in [2.45, 2.75) is 25.4 Å². The van der Waals surface area contributed by atoms with Gasteiger partial charge in [0.05, 0.1) is 13.7 Å². The summed E-state index contributed by atoms with van der Waals surface area (Å²) in [6.45, 7) is 2.04. The summed E-state index contributed by atoms with van der Waals surface area (Å²) >= 11 is 0. The molecule has 1 atom stereocenters. The van der Waals surface area contributed by atoms with Crippen LogP contribution in [0.2, 0.25) is 0 Å². The summed E-state index contributed by atoms with van der Waals surface area (Å²) in [6, 6.07) is 17.9. The van der Waals surface area contributed by atoms with E-state index >= 15 is 0 Å². The minimum Gasteiger partial charge on any atom is -0.496 e. The maximum atomic E-state index is 11.6. The third-order valence-corrected chi connectivity index (χ3v) is 5.71. The summed E-state index contributed by atoms with van der Waals surface area (Å²) in [5.41, 5.74) is 7.66. The third kappa shape index (κ3) is 4.18. The number of piperidine rings is 1. The van der Waals surface area contributed by atoms with Crippen LogP contribution in [0.3, 0.4) is 0 Å². The van der Waals surface area contributed by atoms with Gasteiger partial charge in [-0.25, -0.2) is 4.68 Å². The summed E-state index contributed by atoms with van der Waals surface area (Å²) in [6.07, 6.45) is 1.45. The molecule has 1 aliphatic rings. The number of carbonyl (C=O) groups excluding carboxylic acids is 1. The topological polar surface area (TPSA) is 99.2 Å². The number of methoxy groups -OCH3 is 1. The van der Waals surface area contributed by atoms with Crippen LogP contribution in [0.15, 0.2) is 54.6 Å². The Kier molecular flexibility index (Phi) is 6.04. The number of aromatic nitrogens is 4. The van der Waals surface area contributed by atoms with Gasteiger partial charge < -0.3 is 10.5 Å². The van der Waals surface area contributed by atoms with Crippen LogP contribution < -0.4 is 10.5 Å². The second kappa shape index (κ2) is 9.04. The molecule has 3 aromatic rings. The fourth-order valence-electron chi connectivity index (χ4n) is 4.11. The van der Waals surface area contributed by atoms with Crippen LogP contribution in [0, 0.1) is 5.92 Å². The quantitative estimate of drug-likeness (QED) is 0.644. The fraction of sp³-hybridized carbons (Fsp3) is 0.364. The van der Waals surface area contributed by atoms with Crippen LogP contribution in [-0.2, 0) is 11.3 Å². The van der Waals surface area contributed by atoms with Crippen LogP contribution >= 0.6 is 0 Å². The van der Waals surface area contributed by atoms with Gasteiger partial charge in [0.2, 0.25) is 5.91 Å². The Labute approximate surface area is 175 Å². The number of amides is 1. The van der Waals surface area contributed by atoms with Crippen LogP contribution in [0.4, 0.5) is 0 Å². The van der Waals surface area contributed by atoms with Crippen LogP contribution in [0.1, 0.15) is 35.8 Å². The Hall–Kier alpha value is -3.26. The number of para-hydroxylation sites is 1. The Morgan fingerprint density at radius 1 is 1.13 bits per heavy atom. The summed E-state index contributed by atoms with van der Waals surface area (Å²) < 4.78 is 7.49. The monoisotopic (exact) mass is 406 g/mol. The molecule has 1 saturated heterocycles. The van der Waals surface area contributed by atoms with E-state index in [1.807, 2.05) is 47.1 Å². The van der Waals surface area contributed by atoms with Crippen LogP contribution in [0.25, 0.3) is 0 Å². The van der Waals surface area contributed by atoms with Crippen LogP contribution in [0.5, 0.6) is 5.75 Å². The molecular formula is C22H26N6O2. The molecular weight excluding hydrogens is 380 g/mol. The molecule has 2 heterocycles. The second-order valence-corrected chi connectivity index (χ2v) is 7.54. The zero-order chi connectivity index (χ0) is 20.9. The number of carbonyl (C=O) groups is 1. The number of nitrogens with two attached hydrogens (primary N) is 1. The summed E-state index contributed by atoms with van der Waals surface area (Å²) in [7, 11) is 1.67. The molecule has 30 heavy (non-hydrogen) atoms. The number of nitrogens with zero attached hydrogens (tertiary/aromatic N) is 5. The van der Waals surface area contributed by atoms with E-state index in [2.05, 4.69) is 32.6 Å². The lowest BCUT2D eigenvalue weighted by molar-refractivity contribution is -0.123. The second-order valence-electron chi connectivity index (χ2n) is 7.54. The SMILES string of the molecule is COc1ccccc1[C@@H](c1nnnn1Cc1ccccc1)N1CCC(C(N)=O)CC1.